The Morgan fingerprint density at radius 1 is 1.60 bits per heavy atom. The van der Waals surface area contributed by atoms with Crippen LogP contribution in [-0.2, 0) is 6.42 Å². The van der Waals surface area contributed by atoms with Crippen LogP contribution in [0.3, 0.4) is 0 Å². The summed E-state index contributed by atoms with van der Waals surface area (Å²) in [5.74, 6) is 1.04. The molecular formula is C10H16IN3S. The summed E-state index contributed by atoms with van der Waals surface area (Å²) >= 11 is 1.75. The van der Waals surface area contributed by atoms with Crippen LogP contribution in [0.5, 0.6) is 0 Å². The Labute approximate surface area is 112 Å². The number of likely N-dealkylation sites (N-methyl/N-ethyl adjacent to an activating group) is 1. The van der Waals surface area contributed by atoms with E-state index < -0.39 is 0 Å². The monoisotopic (exact) mass is 337 g/mol. The molecule has 1 aromatic heterocycles. The van der Waals surface area contributed by atoms with Crippen LogP contribution in [0.25, 0.3) is 0 Å². The van der Waals surface area contributed by atoms with E-state index in [1.807, 2.05) is 0 Å². The molecule has 0 aromatic carbocycles. The Morgan fingerprint density at radius 3 is 3.07 bits per heavy atom. The molecule has 2 heterocycles. The fourth-order valence-corrected chi connectivity index (χ4v) is 2.18. The number of hydrogen-bond acceptors (Lipinski definition) is 4. The Balaban J connectivity index is 0.00000112. The van der Waals surface area contributed by atoms with Crippen LogP contribution in [0.15, 0.2) is 21.8 Å². The maximum absolute atomic E-state index is 4.37. The van der Waals surface area contributed by atoms with Gasteiger partial charge in [-0.1, -0.05) is 0 Å². The SMILES string of the molecule is CN1CCN=C1NCCc1ccsc1.I. The summed E-state index contributed by atoms with van der Waals surface area (Å²) in [5, 5.41) is 7.67. The Kier molecular flexibility index (Phi) is 5.38. The summed E-state index contributed by atoms with van der Waals surface area (Å²) in [7, 11) is 2.07. The molecule has 3 nitrogen and oxygen atoms in total. The molecule has 5 heteroatoms. The summed E-state index contributed by atoms with van der Waals surface area (Å²) in [4.78, 5) is 6.53. The zero-order valence-electron chi connectivity index (χ0n) is 8.77. The van der Waals surface area contributed by atoms with E-state index in [9.17, 15) is 0 Å². The van der Waals surface area contributed by atoms with E-state index in [2.05, 4.69) is 39.1 Å². The van der Waals surface area contributed by atoms with Gasteiger partial charge in [0.2, 0.25) is 0 Å². The Bertz CT molecular complexity index is 310. The molecule has 1 N–H and O–H groups in total. The van der Waals surface area contributed by atoms with Crippen LogP contribution >= 0.6 is 35.3 Å². The Morgan fingerprint density at radius 2 is 2.47 bits per heavy atom. The first-order valence-electron chi connectivity index (χ1n) is 4.87. The third-order valence-corrected chi connectivity index (χ3v) is 3.07. The van der Waals surface area contributed by atoms with E-state index in [1.54, 1.807) is 11.3 Å². The van der Waals surface area contributed by atoms with Gasteiger partial charge >= 0.3 is 0 Å². The number of thiophene rings is 1. The third kappa shape index (κ3) is 3.64. The first kappa shape index (κ1) is 12.8. The van der Waals surface area contributed by atoms with Gasteiger partial charge in [0.05, 0.1) is 6.54 Å². The maximum atomic E-state index is 4.37. The summed E-state index contributed by atoms with van der Waals surface area (Å²) in [6, 6.07) is 2.17. The van der Waals surface area contributed by atoms with Gasteiger partial charge in [0.15, 0.2) is 5.96 Å². The number of nitrogens with zero attached hydrogens (tertiary/aromatic N) is 2. The molecular weight excluding hydrogens is 321 g/mol. The van der Waals surface area contributed by atoms with Crippen molar-refractivity contribution in [3.05, 3.63) is 22.4 Å². The molecule has 0 amide bonds. The quantitative estimate of drug-likeness (QED) is 0.852. The van der Waals surface area contributed by atoms with Gasteiger partial charge in [-0.05, 0) is 28.8 Å². The van der Waals surface area contributed by atoms with Crippen LogP contribution in [0.2, 0.25) is 0 Å². The van der Waals surface area contributed by atoms with Crippen LogP contribution in [-0.4, -0.2) is 37.5 Å². The molecule has 2 rings (SSSR count). The summed E-state index contributed by atoms with van der Waals surface area (Å²) in [6.07, 6.45) is 1.08. The number of aliphatic imine (C=N–C) groups is 1. The summed E-state index contributed by atoms with van der Waals surface area (Å²) in [6.45, 7) is 2.94. The van der Waals surface area contributed by atoms with Crippen molar-refractivity contribution in [3.63, 3.8) is 0 Å². The smallest absolute Gasteiger partial charge is 0.193 e. The van der Waals surface area contributed by atoms with Gasteiger partial charge in [0, 0.05) is 20.1 Å². The van der Waals surface area contributed by atoms with Crippen molar-refractivity contribution in [2.75, 3.05) is 26.7 Å². The molecule has 0 atom stereocenters. The molecule has 0 fully saturated rings. The van der Waals surface area contributed by atoms with E-state index in [-0.39, 0.29) is 24.0 Å². The first-order valence-corrected chi connectivity index (χ1v) is 5.81. The number of hydrogen-bond donors (Lipinski definition) is 1. The molecule has 0 spiro atoms. The highest BCUT2D eigenvalue weighted by Crippen LogP contribution is 2.05. The highest BCUT2D eigenvalue weighted by atomic mass is 127. The normalized spacial score (nSPS) is 14.7. The van der Waals surface area contributed by atoms with Gasteiger partial charge in [-0.15, -0.1) is 24.0 Å². The minimum Gasteiger partial charge on any atom is -0.356 e. The lowest BCUT2D eigenvalue weighted by atomic mass is 10.2. The molecule has 0 radical (unpaired) electrons. The van der Waals surface area contributed by atoms with E-state index in [4.69, 9.17) is 0 Å². The third-order valence-electron chi connectivity index (χ3n) is 2.34. The van der Waals surface area contributed by atoms with Gasteiger partial charge in [-0.2, -0.15) is 11.3 Å². The van der Waals surface area contributed by atoms with Crippen molar-refractivity contribution in [1.29, 1.82) is 0 Å². The average molecular weight is 337 g/mol. The van der Waals surface area contributed by atoms with Gasteiger partial charge in [-0.3, -0.25) is 4.99 Å². The van der Waals surface area contributed by atoms with Crippen molar-refractivity contribution < 1.29 is 0 Å². The first-order chi connectivity index (χ1) is 6.86. The minimum absolute atomic E-state index is 0. The highest BCUT2D eigenvalue weighted by Gasteiger charge is 2.10. The van der Waals surface area contributed by atoms with Crippen LogP contribution < -0.4 is 5.32 Å². The van der Waals surface area contributed by atoms with Gasteiger partial charge in [-0.25, -0.2) is 0 Å². The average Bonchev–Trinajstić information content (AvgIpc) is 2.78. The number of rotatable bonds is 3. The van der Waals surface area contributed by atoms with Crippen molar-refractivity contribution in [1.82, 2.24) is 10.2 Å². The van der Waals surface area contributed by atoms with Crippen molar-refractivity contribution >= 4 is 41.3 Å². The minimum atomic E-state index is 0. The van der Waals surface area contributed by atoms with E-state index in [0.717, 1.165) is 32.0 Å². The molecule has 84 valence electrons. The molecule has 0 aliphatic carbocycles. The summed E-state index contributed by atoms with van der Waals surface area (Å²) in [5.41, 5.74) is 1.41. The maximum Gasteiger partial charge on any atom is 0.193 e. The largest absolute Gasteiger partial charge is 0.356 e. The van der Waals surface area contributed by atoms with Crippen molar-refractivity contribution in [2.24, 2.45) is 4.99 Å². The van der Waals surface area contributed by atoms with E-state index in [0.29, 0.717) is 0 Å². The summed E-state index contributed by atoms with van der Waals surface area (Å²) < 4.78 is 0. The van der Waals surface area contributed by atoms with Crippen LogP contribution in [0.4, 0.5) is 0 Å². The zero-order valence-corrected chi connectivity index (χ0v) is 11.9. The molecule has 0 unspecified atom stereocenters. The molecule has 1 aliphatic heterocycles. The number of nitrogens with one attached hydrogen (secondary N) is 1. The van der Waals surface area contributed by atoms with Gasteiger partial charge < -0.3 is 10.2 Å². The topological polar surface area (TPSA) is 27.6 Å². The molecule has 0 bridgehead atoms. The lowest BCUT2D eigenvalue weighted by Crippen LogP contribution is -2.36. The molecule has 15 heavy (non-hydrogen) atoms. The second kappa shape index (κ2) is 6.32. The zero-order chi connectivity index (χ0) is 9.80. The molecule has 0 saturated heterocycles. The molecule has 1 aromatic rings. The number of halogens is 1. The van der Waals surface area contributed by atoms with Crippen molar-refractivity contribution in [3.8, 4) is 0 Å². The van der Waals surface area contributed by atoms with Crippen LogP contribution in [0, 0.1) is 0 Å². The second-order valence-corrected chi connectivity index (χ2v) is 4.22. The van der Waals surface area contributed by atoms with Crippen LogP contribution in [0.1, 0.15) is 5.56 Å². The fraction of sp³-hybridized carbons (Fsp3) is 0.500. The predicted octanol–water partition coefficient (Wildman–Crippen LogP) is 1.80. The lowest BCUT2D eigenvalue weighted by Gasteiger charge is -2.14. The highest BCUT2D eigenvalue weighted by molar-refractivity contribution is 14.0. The fourth-order valence-electron chi connectivity index (χ4n) is 1.48. The van der Waals surface area contributed by atoms with E-state index >= 15 is 0 Å². The lowest BCUT2D eigenvalue weighted by molar-refractivity contribution is 0.534. The van der Waals surface area contributed by atoms with E-state index in [1.165, 1.54) is 5.56 Å². The molecule has 1 aliphatic rings. The predicted molar refractivity (Wildman–Crippen MR) is 76.4 cm³/mol. The number of guanidine groups is 1. The van der Waals surface area contributed by atoms with Crippen molar-refractivity contribution in [2.45, 2.75) is 6.42 Å². The Hall–Kier alpha value is -0.300. The second-order valence-electron chi connectivity index (χ2n) is 3.44. The standard InChI is InChI=1S/C10H15N3S.HI/c1-13-6-5-12-10(13)11-4-2-9-3-7-14-8-9;/h3,7-8H,2,4-6H2,1H3,(H,11,12);1H. The van der Waals surface area contributed by atoms with Gasteiger partial charge in [0.25, 0.3) is 0 Å². The molecule has 0 saturated carbocycles. The van der Waals surface area contributed by atoms with Gasteiger partial charge in [0.1, 0.15) is 0 Å².